The van der Waals surface area contributed by atoms with E-state index in [9.17, 15) is 9.90 Å². The molecular formula is C18H26N2O2. The van der Waals surface area contributed by atoms with Crippen LogP contribution in [0.4, 0.5) is 0 Å². The van der Waals surface area contributed by atoms with Crippen molar-refractivity contribution in [2.75, 3.05) is 6.54 Å². The van der Waals surface area contributed by atoms with Gasteiger partial charge in [-0.2, -0.15) is 0 Å². The van der Waals surface area contributed by atoms with Gasteiger partial charge in [0.05, 0.1) is 6.10 Å². The number of para-hydroxylation sites is 1. The fourth-order valence-electron chi connectivity index (χ4n) is 2.82. The number of rotatable bonds is 6. The molecule has 120 valence electrons. The third-order valence-electron chi connectivity index (χ3n) is 4.17. The molecule has 0 fully saturated rings. The van der Waals surface area contributed by atoms with E-state index in [4.69, 9.17) is 0 Å². The quantitative estimate of drug-likeness (QED) is 0.862. The van der Waals surface area contributed by atoms with Gasteiger partial charge in [-0.3, -0.25) is 4.79 Å². The van der Waals surface area contributed by atoms with Gasteiger partial charge in [0.1, 0.15) is 6.54 Å². The van der Waals surface area contributed by atoms with Crippen LogP contribution in [0, 0.1) is 11.3 Å². The van der Waals surface area contributed by atoms with Gasteiger partial charge in [-0.25, -0.2) is 0 Å². The number of nitrogens with zero attached hydrogens (tertiary/aromatic N) is 1. The molecule has 0 radical (unpaired) electrons. The Hall–Kier alpha value is -1.81. The van der Waals surface area contributed by atoms with Crippen molar-refractivity contribution in [3.63, 3.8) is 0 Å². The highest BCUT2D eigenvalue weighted by atomic mass is 16.3. The first-order valence-electron chi connectivity index (χ1n) is 7.80. The van der Waals surface area contributed by atoms with Crippen LogP contribution in [-0.4, -0.2) is 28.2 Å². The van der Waals surface area contributed by atoms with Crippen LogP contribution in [0.2, 0.25) is 0 Å². The Labute approximate surface area is 132 Å². The van der Waals surface area contributed by atoms with Gasteiger partial charge >= 0.3 is 0 Å². The highest BCUT2D eigenvalue weighted by Gasteiger charge is 2.30. The Balaban J connectivity index is 1.96. The molecule has 0 spiro atoms. The maximum Gasteiger partial charge on any atom is 0.239 e. The largest absolute Gasteiger partial charge is 0.392 e. The summed E-state index contributed by atoms with van der Waals surface area (Å²) in [5.74, 6) is 0.130. The van der Waals surface area contributed by atoms with E-state index in [1.54, 1.807) is 0 Å². The van der Waals surface area contributed by atoms with Gasteiger partial charge in [0, 0.05) is 23.7 Å². The van der Waals surface area contributed by atoms with Crippen molar-refractivity contribution in [3.05, 3.63) is 36.5 Å². The summed E-state index contributed by atoms with van der Waals surface area (Å²) in [7, 11) is 0. The molecule has 1 aromatic carbocycles. The third-order valence-corrected chi connectivity index (χ3v) is 4.17. The van der Waals surface area contributed by atoms with Crippen LogP contribution in [0.3, 0.4) is 0 Å². The number of carbonyl (C=O) groups is 1. The second-order valence-corrected chi connectivity index (χ2v) is 6.96. The van der Waals surface area contributed by atoms with Gasteiger partial charge in [0.15, 0.2) is 0 Å². The third kappa shape index (κ3) is 3.69. The molecule has 0 saturated heterocycles. The van der Waals surface area contributed by atoms with Crippen LogP contribution in [0.1, 0.15) is 27.7 Å². The van der Waals surface area contributed by atoms with Gasteiger partial charge in [0.25, 0.3) is 0 Å². The van der Waals surface area contributed by atoms with Crippen LogP contribution >= 0.6 is 0 Å². The number of nitrogens with one attached hydrogen (secondary N) is 1. The van der Waals surface area contributed by atoms with Crippen LogP contribution < -0.4 is 5.32 Å². The van der Waals surface area contributed by atoms with Crippen molar-refractivity contribution in [1.29, 1.82) is 0 Å². The molecule has 22 heavy (non-hydrogen) atoms. The van der Waals surface area contributed by atoms with E-state index < -0.39 is 6.10 Å². The zero-order valence-electron chi connectivity index (χ0n) is 13.8. The summed E-state index contributed by atoms with van der Waals surface area (Å²) in [6.07, 6.45) is 1.48. The lowest BCUT2D eigenvalue weighted by Crippen LogP contribution is -2.44. The van der Waals surface area contributed by atoms with Crippen LogP contribution in [-0.2, 0) is 11.3 Å². The number of benzene rings is 1. The minimum atomic E-state index is -0.444. The molecule has 0 aliphatic rings. The van der Waals surface area contributed by atoms with Crippen molar-refractivity contribution in [1.82, 2.24) is 9.88 Å². The predicted octanol–water partition coefficient (Wildman–Crippen LogP) is 2.80. The van der Waals surface area contributed by atoms with Crippen molar-refractivity contribution in [2.45, 2.75) is 40.3 Å². The summed E-state index contributed by atoms with van der Waals surface area (Å²) in [6, 6.07) is 10.0. The average Bonchev–Trinajstić information content (AvgIpc) is 2.88. The number of hydrogen-bond donors (Lipinski definition) is 2. The molecule has 1 unspecified atom stereocenters. The molecule has 4 nitrogen and oxygen atoms in total. The molecule has 1 aromatic heterocycles. The fraction of sp³-hybridized carbons (Fsp3) is 0.500. The molecule has 0 aliphatic heterocycles. The molecule has 2 aromatic rings. The van der Waals surface area contributed by atoms with Crippen LogP contribution in [0.25, 0.3) is 10.9 Å². The Bertz CT molecular complexity index is 643. The van der Waals surface area contributed by atoms with E-state index in [2.05, 4.69) is 5.32 Å². The standard InChI is InChI=1S/C18H26N2O2/c1-13(2)17(22)18(3,4)12-19-16(21)11-20-10-9-14-7-5-6-8-15(14)20/h5-10,13,17,22H,11-12H2,1-4H3,(H,19,21). The molecular weight excluding hydrogens is 276 g/mol. The number of carbonyl (C=O) groups excluding carboxylic acids is 1. The van der Waals surface area contributed by atoms with E-state index in [-0.39, 0.29) is 17.2 Å². The molecule has 1 amide bonds. The van der Waals surface area contributed by atoms with Gasteiger partial charge in [-0.05, 0) is 23.4 Å². The van der Waals surface area contributed by atoms with Crippen molar-refractivity contribution < 1.29 is 9.90 Å². The topological polar surface area (TPSA) is 54.3 Å². The molecule has 2 N–H and O–H groups in total. The number of aliphatic hydroxyl groups is 1. The average molecular weight is 302 g/mol. The number of aromatic nitrogens is 1. The molecule has 2 rings (SSSR count). The summed E-state index contributed by atoms with van der Waals surface area (Å²) in [5, 5.41) is 14.3. The van der Waals surface area contributed by atoms with Crippen molar-refractivity contribution in [2.24, 2.45) is 11.3 Å². The first-order chi connectivity index (χ1) is 10.3. The molecule has 0 saturated carbocycles. The van der Waals surface area contributed by atoms with Crippen LogP contribution in [0.15, 0.2) is 36.5 Å². The molecule has 0 bridgehead atoms. The summed E-state index contributed by atoms with van der Waals surface area (Å²) in [4.78, 5) is 12.2. The number of hydrogen-bond acceptors (Lipinski definition) is 2. The normalized spacial score (nSPS) is 13.5. The SMILES string of the molecule is CC(C)C(O)C(C)(C)CNC(=O)Cn1ccc2ccccc21. The smallest absolute Gasteiger partial charge is 0.239 e. The summed E-state index contributed by atoms with van der Waals surface area (Å²) < 4.78 is 1.94. The van der Waals surface area contributed by atoms with E-state index in [0.717, 1.165) is 10.9 Å². The zero-order chi connectivity index (χ0) is 16.3. The predicted molar refractivity (Wildman–Crippen MR) is 89.6 cm³/mol. The second kappa shape index (κ2) is 6.53. The molecule has 1 heterocycles. The highest BCUT2D eigenvalue weighted by Crippen LogP contribution is 2.25. The lowest BCUT2D eigenvalue weighted by Gasteiger charge is -2.33. The molecule has 1 atom stereocenters. The Morgan fingerprint density at radius 2 is 1.95 bits per heavy atom. The Kier molecular flexibility index (Phi) is 4.91. The summed E-state index contributed by atoms with van der Waals surface area (Å²) in [6.45, 7) is 8.68. The van der Waals surface area contributed by atoms with Crippen LogP contribution in [0.5, 0.6) is 0 Å². The van der Waals surface area contributed by atoms with Gasteiger partial charge in [-0.15, -0.1) is 0 Å². The first-order valence-corrected chi connectivity index (χ1v) is 7.80. The minimum absolute atomic E-state index is 0.0367. The number of amides is 1. The fourth-order valence-corrected chi connectivity index (χ4v) is 2.82. The molecule has 4 heteroatoms. The van der Waals surface area contributed by atoms with E-state index in [0.29, 0.717) is 13.1 Å². The lowest BCUT2D eigenvalue weighted by atomic mass is 9.81. The van der Waals surface area contributed by atoms with Gasteiger partial charge < -0.3 is 15.0 Å². The van der Waals surface area contributed by atoms with E-state index in [1.165, 1.54) is 0 Å². The monoisotopic (exact) mass is 302 g/mol. The highest BCUT2D eigenvalue weighted by molar-refractivity contribution is 5.83. The van der Waals surface area contributed by atoms with Crippen molar-refractivity contribution >= 4 is 16.8 Å². The maximum absolute atomic E-state index is 12.2. The van der Waals surface area contributed by atoms with Gasteiger partial charge in [0.2, 0.25) is 5.91 Å². The van der Waals surface area contributed by atoms with Crippen molar-refractivity contribution in [3.8, 4) is 0 Å². The Morgan fingerprint density at radius 3 is 2.64 bits per heavy atom. The first kappa shape index (κ1) is 16.6. The zero-order valence-corrected chi connectivity index (χ0v) is 13.8. The second-order valence-electron chi connectivity index (χ2n) is 6.96. The number of fused-ring (bicyclic) bond motifs is 1. The van der Waals surface area contributed by atoms with E-state index >= 15 is 0 Å². The lowest BCUT2D eigenvalue weighted by molar-refractivity contribution is -0.122. The van der Waals surface area contributed by atoms with Gasteiger partial charge in [-0.1, -0.05) is 45.9 Å². The summed E-state index contributed by atoms with van der Waals surface area (Å²) in [5.41, 5.74) is 0.710. The maximum atomic E-state index is 12.2. The number of aliphatic hydroxyl groups excluding tert-OH is 1. The Morgan fingerprint density at radius 1 is 1.27 bits per heavy atom. The van der Waals surface area contributed by atoms with E-state index in [1.807, 2.05) is 68.8 Å². The molecule has 0 aliphatic carbocycles. The summed E-state index contributed by atoms with van der Waals surface area (Å²) >= 11 is 0. The minimum Gasteiger partial charge on any atom is -0.392 e.